The zero-order valence-corrected chi connectivity index (χ0v) is 11.2. The first-order chi connectivity index (χ1) is 9.22. The van der Waals surface area contributed by atoms with Crippen molar-refractivity contribution in [2.24, 2.45) is 0 Å². The van der Waals surface area contributed by atoms with Crippen molar-refractivity contribution in [3.8, 4) is 11.5 Å². The van der Waals surface area contributed by atoms with E-state index in [1.807, 2.05) is 55.5 Å². The van der Waals surface area contributed by atoms with Crippen LogP contribution in [-0.2, 0) is 0 Å². The smallest absolute Gasteiger partial charge is 0.153 e. The second-order valence-corrected chi connectivity index (χ2v) is 4.76. The molecule has 0 saturated carbocycles. The van der Waals surface area contributed by atoms with E-state index in [1.54, 1.807) is 6.07 Å². The normalized spacial score (nSPS) is 10.6. The van der Waals surface area contributed by atoms with Crippen molar-refractivity contribution in [1.82, 2.24) is 4.98 Å². The first-order valence-electron chi connectivity index (χ1n) is 6.02. The molecule has 0 atom stereocenters. The lowest BCUT2D eigenvalue weighted by atomic mass is 10.2. The molecule has 3 rings (SSSR count). The number of pyridine rings is 1. The van der Waals surface area contributed by atoms with Crippen LogP contribution in [0.1, 0.15) is 5.56 Å². The highest BCUT2D eigenvalue weighted by Gasteiger charge is 2.05. The van der Waals surface area contributed by atoms with Gasteiger partial charge in [0.2, 0.25) is 0 Å². The van der Waals surface area contributed by atoms with E-state index in [4.69, 9.17) is 16.3 Å². The molecule has 0 bridgehead atoms. The Balaban J connectivity index is 2.05. The zero-order valence-electron chi connectivity index (χ0n) is 10.4. The topological polar surface area (TPSA) is 22.1 Å². The summed E-state index contributed by atoms with van der Waals surface area (Å²) in [6, 6.07) is 17.5. The molecule has 2 nitrogen and oxygen atoms in total. The summed E-state index contributed by atoms with van der Waals surface area (Å²) in [7, 11) is 0. The SMILES string of the molecule is Cc1ccc(Oc2cccc3ccc(Cl)nc23)cc1. The van der Waals surface area contributed by atoms with Crippen molar-refractivity contribution in [1.29, 1.82) is 0 Å². The van der Waals surface area contributed by atoms with E-state index in [0.717, 1.165) is 16.7 Å². The van der Waals surface area contributed by atoms with Gasteiger partial charge in [0.15, 0.2) is 5.75 Å². The summed E-state index contributed by atoms with van der Waals surface area (Å²) in [5.41, 5.74) is 1.97. The molecule has 0 amide bonds. The first-order valence-corrected chi connectivity index (χ1v) is 6.40. The number of rotatable bonds is 2. The van der Waals surface area contributed by atoms with Crippen LogP contribution >= 0.6 is 11.6 Å². The largest absolute Gasteiger partial charge is 0.455 e. The average molecular weight is 270 g/mol. The Kier molecular flexibility index (Phi) is 3.10. The van der Waals surface area contributed by atoms with E-state index in [0.29, 0.717) is 10.9 Å². The maximum atomic E-state index is 5.95. The van der Waals surface area contributed by atoms with Crippen LogP contribution in [0.15, 0.2) is 54.6 Å². The number of hydrogen-bond donors (Lipinski definition) is 0. The lowest BCUT2D eigenvalue weighted by molar-refractivity contribution is 0.487. The summed E-state index contributed by atoms with van der Waals surface area (Å²) in [5.74, 6) is 1.50. The molecular formula is C16H12ClNO. The Bertz CT molecular complexity index is 722. The van der Waals surface area contributed by atoms with Crippen LogP contribution in [0.3, 0.4) is 0 Å². The van der Waals surface area contributed by atoms with E-state index in [9.17, 15) is 0 Å². The van der Waals surface area contributed by atoms with Crippen LogP contribution in [0, 0.1) is 6.92 Å². The fourth-order valence-electron chi connectivity index (χ4n) is 1.91. The van der Waals surface area contributed by atoms with Gasteiger partial charge in [0.25, 0.3) is 0 Å². The number of aryl methyl sites for hydroxylation is 1. The summed E-state index contributed by atoms with van der Waals surface area (Å²) in [4.78, 5) is 4.33. The number of hydrogen-bond acceptors (Lipinski definition) is 2. The second-order valence-electron chi connectivity index (χ2n) is 4.38. The predicted molar refractivity (Wildman–Crippen MR) is 78.0 cm³/mol. The molecule has 0 fully saturated rings. The van der Waals surface area contributed by atoms with Gasteiger partial charge in [-0.15, -0.1) is 0 Å². The maximum absolute atomic E-state index is 5.95. The number of fused-ring (bicyclic) bond motifs is 1. The highest BCUT2D eigenvalue weighted by molar-refractivity contribution is 6.29. The van der Waals surface area contributed by atoms with Gasteiger partial charge >= 0.3 is 0 Å². The fraction of sp³-hybridized carbons (Fsp3) is 0.0625. The van der Waals surface area contributed by atoms with Crippen LogP contribution in [0.4, 0.5) is 0 Å². The van der Waals surface area contributed by atoms with Crippen molar-refractivity contribution < 1.29 is 4.74 Å². The maximum Gasteiger partial charge on any atom is 0.153 e. The third-order valence-corrected chi connectivity index (χ3v) is 3.11. The average Bonchev–Trinajstić information content (AvgIpc) is 2.42. The van der Waals surface area contributed by atoms with E-state index < -0.39 is 0 Å². The molecule has 19 heavy (non-hydrogen) atoms. The molecule has 0 spiro atoms. The minimum Gasteiger partial charge on any atom is -0.455 e. The summed E-state index contributed by atoms with van der Waals surface area (Å²) in [6.07, 6.45) is 0. The summed E-state index contributed by atoms with van der Waals surface area (Å²) in [5, 5.41) is 1.47. The molecule has 0 radical (unpaired) electrons. The third kappa shape index (κ3) is 2.54. The van der Waals surface area contributed by atoms with Crippen LogP contribution in [0.5, 0.6) is 11.5 Å². The van der Waals surface area contributed by atoms with E-state index in [2.05, 4.69) is 4.98 Å². The summed E-state index contributed by atoms with van der Waals surface area (Å²) < 4.78 is 5.88. The van der Waals surface area contributed by atoms with Gasteiger partial charge in [-0.1, -0.05) is 41.4 Å². The molecule has 0 aliphatic carbocycles. The molecule has 0 aliphatic rings. The van der Waals surface area contributed by atoms with Crippen LogP contribution in [-0.4, -0.2) is 4.98 Å². The Morgan fingerprint density at radius 1 is 0.947 bits per heavy atom. The first kappa shape index (κ1) is 12.0. The van der Waals surface area contributed by atoms with E-state index >= 15 is 0 Å². The van der Waals surface area contributed by atoms with Gasteiger partial charge in [-0.05, 0) is 37.3 Å². The lowest BCUT2D eigenvalue weighted by Gasteiger charge is -2.08. The standard InChI is InChI=1S/C16H12ClNO/c1-11-5-8-13(9-6-11)19-14-4-2-3-12-7-10-15(17)18-16(12)14/h2-10H,1H3. The van der Waals surface area contributed by atoms with Gasteiger partial charge < -0.3 is 4.74 Å². The Morgan fingerprint density at radius 3 is 2.53 bits per heavy atom. The van der Waals surface area contributed by atoms with Crippen molar-refractivity contribution in [3.05, 3.63) is 65.3 Å². The van der Waals surface area contributed by atoms with Crippen LogP contribution in [0.2, 0.25) is 5.15 Å². The second kappa shape index (κ2) is 4.90. The Labute approximate surface area is 116 Å². The van der Waals surface area contributed by atoms with Crippen LogP contribution in [0.25, 0.3) is 10.9 Å². The molecule has 3 heteroatoms. The molecule has 94 valence electrons. The van der Waals surface area contributed by atoms with Crippen molar-refractivity contribution >= 4 is 22.5 Å². The molecule has 0 N–H and O–H groups in total. The molecule has 0 unspecified atom stereocenters. The number of aromatic nitrogens is 1. The summed E-state index contributed by atoms with van der Waals surface area (Å²) in [6.45, 7) is 2.04. The molecule has 2 aromatic carbocycles. The van der Waals surface area contributed by atoms with Crippen molar-refractivity contribution in [3.63, 3.8) is 0 Å². The Morgan fingerprint density at radius 2 is 1.74 bits per heavy atom. The van der Waals surface area contributed by atoms with Gasteiger partial charge in [0.05, 0.1) is 0 Å². The quantitative estimate of drug-likeness (QED) is 0.612. The molecule has 3 aromatic rings. The molecular weight excluding hydrogens is 258 g/mol. The van der Waals surface area contributed by atoms with Gasteiger partial charge in [0, 0.05) is 5.39 Å². The zero-order chi connectivity index (χ0) is 13.2. The van der Waals surface area contributed by atoms with Crippen molar-refractivity contribution in [2.75, 3.05) is 0 Å². The van der Waals surface area contributed by atoms with Crippen molar-refractivity contribution in [2.45, 2.75) is 6.92 Å². The minimum absolute atomic E-state index is 0.465. The van der Waals surface area contributed by atoms with Gasteiger partial charge in [-0.3, -0.25) is 0 Å². The highest BCUT2D eigenvalue weighted by atomic mass is 35.5. The Hall–Kier alpha value is -2.06. The van der Waals surface area contributed by atoms with Gasteiger partial charge in [-0.25, -0.2) is 4.98 Å². The number of ether oxygens (including phenoxy) is 1. The molecule has 0 saturated heterocycles. The van der Waals surface area contributed by atoms with Gasteiger partial charge in [0.1, 0.15) is 16.4 Å². The lowest BCUT2D eigenvalue weighted by Crippen LogP contribution is -1.88. The van der Waals surface area contributed by atoms with Gasteiger partial charge in [-0.2, -0.15) is 0 Å². The number of nitrogens with zero attached hydrogens (tertiary/aromatic N) is 1. The molecule has 0 aliphatic heterocycles. The number of para-hydroxylation sites is 1. The van der Waals surface area contributed by atoms with E-state index in [-0.39, 0.29) is 0 Å². The van der Waals surface area contributed by atoms with E-state index in [1.165, 1.54) is 5.56 Å². The number of halogens is 1. The third-order valence-electron chi connectivity index (χ3n) is 2.90. The highest BCUT2D eigenvalue weighted by Crippen LogP contribution is 2.29. The van der Waals surface area contributed by atoms with Crippen LogP contribution < -0.4 is 4.74 Å². The number of benzene rings is 2. The summed E-state index contributed by atoms with van der Waals surface area (Å²) >= 11 is 5.95. The predicted octanol–water partition coefficient (Wildman–Crippen LogP) is 4.99. The molecule has 1 heterocycles. The minimum atomic E-state index is 0.465. The molecule has 1 aromatic heterocycles. The monoisotopic (exact) mass is 269 g/mol. The fourth-order valence-corrected chi connectivity index (χ4v) is 2.06.